The Balaban J connectivity index is 1.92. The lowest BCUT2D eigenvalue weighted by Crippen LogP contribution is -2.44. The summed E-state index contributed by atoms with van der Waals surface area (Å²) in [5, 5.41) is 10.5. The first kappa shape index (κ1) is 24.3. The minimum Gasteiger partial charge on any atom is -0.497 e. The Morgan fingerprint density at radius 3 is 2.34 bits per heavy atom. The van der Waals surface area contributed by atoms with Crippen LogP contribution in [0.2, 0.25) is 0 Å². The maximum Gasteiger partial charge on any atom is 0.408 e. The minimum atomic E-state index is -3.98. The number of carboxylic acid groups (broad SMARTS) is 1. The number of rotatable bonds is 6. The fraction of sp³-hybridized carbons (Fsp3) is 0.231. The third-order valence-corrected chi connectivity index (χ3v) is 7.50. The molecule has 35 heavy (non-hydrogen) atoms. The highest BCUT2D eigenvalue weighted by Gasteiger charge is 2.29. The molecule has 0 aliphatic heterocycles. The largest absolute Gasteiger partial charge is 0.497 e. The van der Waals surface area contributed by atoms with Gasteiger partial charge < -0.3 is 9.84 Å². The van der Waals surface area contributed by atoms with Crippen LogP contribution in [0.1, 0.15) is 26.3 Å². The first-order valence-corrected chi connectivity index (χ1v) is 12.4. The fourth-order valence-electron chi connectivity index (χ4n) is 3.93. The number of fused-ring (bicyclic) bond motifs is 1. The van der Waals surface area contributed by atoms with Crippen LogP contribution in [0.4, 0.5) is 4.79 Å². The summed E-state index contributed by atoms with van der Waals surface area (Å²) in [6.45, 7) is 5.43. The molecule has 0 unspecified atom stereocenters. The third-order valence-electron chi connectivity index (χ3n) is 5.84. The summed E-state index contributed by atoms with van der Waals surface area (Å²) < 4.78 is 33.6. The fourth-order valence-corrected chi connectivity index (χ4v) is 5.28. The van der Waals surface area contributed by atoms with Crippen molar-refractivity contribution in [3.05, 3.63) is 78.8 Å². The van der Waals surface area contributed by atoms with Gasteiger partial charge in [-0.15, -0.1) is 0 Å². The van der Waals surface area contributed by atoms with E-state index in [9.17, 15) is 18.3 Å². The predicted molar refractivity (Wildman–Crippen MR) is 134 cm³/mol. The second kappa shape index (κ2) is 9.07. The number of nitrogens with zero attached hydrogens (tertiary/aromatic N) is 3. The molecule has 4 rings (SSSR count). The van der Waals surface area contributed by atoms with Crippen molar-refractivity contribution in [2.75, 3.05) is 7.11 Å². The molecule has 9 heteroatoms. The molecule has 0 aliphatic carbocycles. The summed E-state index contributed by atoms with van der Waals surface area (Å²) in [6, 6.07) is 16.1. The monoisotopic (exact) mass is 493 g/mol. The summed E-state index contributed by atoms with van der Waals surface area (Å²) in [5.41, 5.74) is 2.08. The van der Waals surface area contributed by atoms with Crippen LogP contribution in [0.5, 0.6) is 5.75 Å². The summed E-state index contributed by atoms with van der Waals surface area (Å²) in [6.07, 6.45) is 3.23. The van der Waals surface area contributed by atoms with Gasteiger partial charge in [-0.05, 0) is 67.8 Å². The number of carbonyl (C=O) groups is 1. The molecule has 0 fully saturated rings. The zero-order valence-corrected chi connectivity index (χ0v) is 20.8. The normalized spacial score (nSPS) is 12.0. The number of hydrogen-bond donors (Lipinski definition) is 1. The van der Waals surface area contributed by atoms with Gasteiger partial charge in [0.1, 0.15) is 10.6 Å². The number of ether oxygens (including phenoxy) is 1. The van der Waals surface area contributed by atoms with Gasteiger partial charge in [-0.1, -0.05) is 24.3 Å². The summed E-state index contributed by atoms with van der Waals surface area (Å²) in [5.74, 6) is 0.718. The van der Waals surface area contributed by atoms with Gasteiger partial charge in [0.25, 0.3) is 10.0 Å². The van der Waals surface area contributed by atoms with E-state index in [-0.39, 0.29) is 11.4 Å². The number of pyridine rings is 1. The Bertz CT molecular complexity index is 1470. The van der Waals surface area contributed by atoms with E-state index in [1.165, 1.54) is 33.5 Å². The summed E-state index contributed by atoms with van der Waals surface area (Å²) in [7, 11) is -2.38. The number of methoxy groups -OCH3 is 1. The van der Waals surface area contributed by atoms with E-state index in [1.807, 2.05) is 36.4 Å². The van der Waals surface area contributed by atoms with Gasteiger partial charge in [0, 0.05) is 29.5 Å². The highest BCUT2D eigenvalue weighted by Crippen LogP contribution is 2.32. The topological polar surface area (TPSA) is 102 Å². The molecule has 2 aromatic carbocycles. The molecule has 182 valence electrons. The number of hydrogen-bond acceptors (Lipinski definition) is 5. The lowest BCUT2D eigenvalue weighted by atomic mass is 10.0. The van der Waals surface area contributed by atoms with Crippen molar-refractivity contribution >= 4 is 27.0 Å². The van der Waals surface area contributed by atoms with Gasteiger partial charge >= 0.3 is 6.09 Å². The molecule has 0 radical (unpaired) electrons. The van der Waals surface area contributed by atoms with Crippen LogP contribution in [0.3, 0.4) is 0 Å². The lowest BCUT2D eigenvalue weighted by molar-refractivity contribution is 0.0958. The molecule has 8 nitrogen and oxygen atoms in total. The zero-order valence-electron chi connectivity index (χ0n) is 20.0. The Morgan fingerprint density at radius 2 is 1.77 bits per heavy atom. The maximum atomic E-state index is 13.6. The van der Waals surface area contributed by atoms with Crippen molar-refractivity contribution in [3.63, 3.8) is 0 Å². The number of benzene rings is 2. The van der Waals surface area contributed by atoms with Crippen molar-refractivity contribution in [1.82, 2.24) is 13.9 Å². The van der Waals surface area contributed by atoms with Gasteiger partial charge in [0.05, 0.1) is 19.2 Å². The van der Waals surface area contributed by atoms with Crippen molar-refractivity contribution in [2.45, 2.75) is 37.8 Å². The Morgan fingerprint density at radius 1 is 1.09 bits per heavy atom. The SMILES string of the molecule is COc1ccc(-c2ccc3c(CN(C(=O)O)C(C)(C)C)cn(S(=O)(=O)c4cccnc4)c3c2)cc1. The minimum absolute atomic E-state index is 0.0345. The van der Waals surface area contributed by atoms with Gasteiger partial charge in [0.2, 0.25) is 0 Å². The van der Waals surface area contributed by atoms with E-state index in [4.69, 9.17) is 4.74 Å². The van der Waals surface area contributed by atoms with Crippen LogP contribution in [0.25, 0.3) is 22.0 Å². The standard InChI is InChI=1S/C26H27N3O5S/c1-26(2,3)28(25(30)31)16-20-17-29(35(32,33)22-6-5-13-27-15-22)24-14-19(9-12-23(20)24)18-7-10-21(34-4)11-8-18/h5-15,17H,16H2,1-4H3,(H,30,31). The molecule has 0 saturated heterocycles. The molecule has 0 spiro atoms. The second-order valence-electron chi connectivity index (χ2n) is 9.14. The molecule has 2 aromatic heterocycles. The van der Waals surface area contributed by atoms with Crippen LogP contribution in [0.15, 0.2) is 78.1 Å². The highest BCUT2D eigenvalue weighted by molar-refractivity contribution is 7.90. The summed E-state index contributed by atoms with van der Waals surface area (Å²) >= 11 is 0. The molecule has 1 N–H and O–H groups in total. The highest BCUT2D eigenvalue weighted by atomic mass is 32.2. The average molecular weight is 494 g/mol. The summed E-state index contributed by atoms with van der Waals surface area (Å²) in [4.78, 5) is 17.3. The van der Waals surface area contributed by atoms with E-state index >= 15 is 0 Å². The van der Waals surface area contributed by atoms with Crippen LogP contribution in [0, 0.1) is 0 Å². The molecule has 0 saturated carbocycles. The third kappa shape index (κ3) is 4.72. The Kier molecular flexibility index (Phi) is 6.29. The number of aromatic nitrogens is 2. The second-order valence-corrected chi connectivity index (χ2v) is 11.0. The van der Waals surface area contributed by atoms with Crippen LogP contribution >= 0.6 is 0 Å². The molecule has 0 atom stereocenters. The maximum absolute atomic E-state index is 13.6. The first-order chi connectivity index (χ1) is 16.5. The average Bonchev–Trinajstić information content (AvgIpc) is 3.20. The quantitative estimate of drug-likeness (QED) is 0.395. The van der Waals surface area contributed by atoms with E-state index in [0.29, 0.717) is 16.5 Å². The first-order valence-electron chi connectivity index (χ1n) is 11.0. The van der Waals surface area contributed by atoms with Gasteiger partial charge in [0.15, 0.2) is 0 Å². The van der Waals surface area contributed by atoms with Crippen LogP contribution in [-0.2, 0) is 16.6 Å². The predicted octanol–water partition coefficient (Wildman–Crippen LogP) is 5.23. The molecule has 0 bridgehead atoms. The van der Waals surface area contributed by atoms with Gasteiger partial charge in [-0.25, -0.2) is 17.2 Å². The van der Waals surface area contributed by atoms with E-state index in [2.05, 4.69) is 4.98 Å². The van der Waals surface area contributed by atoms with Crippen LogP contribution in [-0.4, -0.2) is 46.1 Å². The Labute approximate surface area is 204 Å². The molecular formula is C26H27N3O5S. The van der Waals surface area contributed by atoms with Crippen molar-refractivity contribution < 1.29 is 23.1 Å². The smallest absolute Gasteiger partial charge is 0.408 e. The van der Waals surface area contributed by atoms with E-state index in [1.54, 1.807) is 40.0 Å². The van der Waals surface area contributed by atoms with Gasteiger partial charge in [-0.2, -0.15) is 0 Å². The molecule has 4 aromatic rings. The van der Waals surface area contributed by atoms with E-state index < -0.39 is 21.7 Å². The molecule has 0 aliphatic rings. The van der Waals surface area contributed by atoms with Crippen LogP contribution < -0.4 is 4.74 Å². The molecule has 2 heterocycles. The Hall–Kier alpha value is -3.85. The van der Waals surface area contributed by atoms with Gasteiger partial charge in [-0.3, -0.25) is 9.88 Å². The molecule has 1 amide bonds. The van der Waals surface area contributed by atoms with Crippen molar-refractivity contribution in [2.24, 2.45) is 0 Å². The lowest BCUT2D eigenvalue weighted by Gasteiger charge is -2.33. The van der Waals surface area contributed by atoms with Crippen molar-refractivity contribution in [3.8, 4) is 16.9 Å². The van der Waals surface area contributed by atoms with Crippen molar-refractivity contribution in [1.29, 1.82) is 0 Å². The molecular weight excluding hydrogens is 466 g/mol. The van der Waals surface area contributed by atoms with E-state index in [0.717, 1.165) is 16.9 Å². The number of amides is 1. The zero-order chi connectivity index (χ0) is 25.4.